The molecule has 1 aliphatic rings. The van der Waals surface area contributed by atoms with Crippen molar-refractivity contribution in [1.29, 1.82) is 0 Å². The Bertz CT molecular complexity index is 1070. The molecule has 2 aromatic carbocycles. The number of carboxylic acids is 1. The first kappa shape index (κ1) is 18.2. The van der Waals surface area contributed by atoms with E-state index in [4.69, 9.17) is 0 Å². The number of hydrogen-bond acceptors (Lipinski definition) is 2. The molecule has 1 saturated heterocycles. The van der Waals surface area contributed by atoms with Crippen molar-refractivity contribution in [2.75, 3.05) is 13.1 Å². The van der Waals surface area contributed by atoms with Crippen molar-refractivity contribution in [3.05, 3.63) is 71.2 Å². The van der Waals surface area contributed by atoms with Crippen molar-refractivity contribution in [2.24, 2.45) is 7.05 Å². The van der Waals surface area contributed by atoms with Gasteiger partial charge in [-0.3, -0.25) is 4.79 Å². The molecule has 1 atom stereocenters. The van der Waals surface area contributed by atoms with Gasteiger partial charge in [0, 0.05) is 37.0 Å². The second kappa shape index (κ2) is 7.11. The lowest BCUT2D eigenvalue weighted by Gasteiger charge is -2.33. The van der Waals surface area contributed by atoms with Crippen LogP contribution in [0.3, 0.4) is 0 Å². The molecule has 1 N–H and O–H groups in total. The van der Waals surface area contributed by atoms with Gasteiger partial charge in [-0.1, -0.05) is 12.1 Å². The Balaban J connectivity index is 1.60. The van der Waals surface area contributed by atoms with Crippen LogP contribution in [0.15, 0.2) is 48.5 Å². The fourth-order valence-electron chi connectivity index (χ4n) is 4.05. The average Bonchev–Trinajstić information content (AvgIpc) is 3.03. The number of fused-ring (bicyclic) bond motifs is 1. The topological polar surface area (TPSA) is 62.5 Å². The average molecular weight is 380 g/mol. The third kappa shape index (κ3) is 3.26. The van der Waals surface area contributed by atoms with Crippen LogP contribution in [0.2, 0.25) is 0 Å². The smallest absolute Gasteiger partial charge is 0.335 e. The molecule has 1 aliphatic heterocycles. The van der Waals surface area contributed by atoms with Crippen LogP contribution in [0.1, 0.15) is 45.2 Å². The lowest BCUT2D eigenvalue weighted by molar-refractivity contribution is 0.0684. The second-order valence-electron chi connectivity index (χ2n) is 7.31. The number of nitrogens with zero attached hydrogens (tertiary/aromatic N) is 2. The number of aromatic carboxylic acids is 1. The normalized spacial score (nSPS) is 17.1. The third-order valence-electron chi connectivity index (χ3n) is 5.54. The molecule has 0 bridgehead atoms. The Morgan fingerprint density at radius 2 is 1.96 bits per heavy atom. The van der Waals surface area contributed by atoms with Gasteiger partial charge in [0.1, 0.15) is 11.5 Å². The summed E-state index contributed by atoms with van der Waals surface area (Å²) in [5.41, 5.74) is 2.54. The summed E-state index contributed by atoms with van der Waals surface area (Å²) in [5.74, 6) is -1.26. The molecule has 0 unspecified atom stereocenters. The number of halogens is 1. The molecule has 6 heteroatoms. The largest absolute Gasteiger partial charge is 0.478 e. The Hall–Kier alpha value is -3.15. The number of carbonyl (C=O) groups excluding carboxylic acids is 1. The van der Waals surface area contributed by atoms with Crippen LogP contribution in [0.25, 0.3) is 10.9 Å². The van der Waals surface area contributed by atoms with E-state index in [1.165, 1.54) is 12.1 Å². The standard InChI is InChI=1S/C22H21FN2O3/c1-24-19-8-7-18(23)11-17(19)12-20(24)21(26)25-9-3-6-16(13-25)14-4-2-5-15(10-14)22(27)28/h2,4-5,7-8,10-12,16H,3,6,9,13H2,1H3,(H,27,28)/t16-/m0/s1. The highest BCUT2D eigenvalue weighted by Crippen LogP contribution is 2.29. The summed E-state index contributed by atoms with van der Waals surface area (Å²) in [6.07, 6.45) is 1.76. The summed E-state index contributed by atoms with van der Waals surface area (Å²) in [7, 11) is 1.81. The molecule has 1 amide bonds. The molecule has 0 aliphatic carbocycles. The van der Waals surface area contributed by atoms with Crippen LogP contribution in [-0.2, 0) is 7.05 Å². The van der Waals surface area contributed by atoms with Crippen LogP contribution in [0.4, 0.5) is 4.39 Å². The van der Waals surface area contributed by atoms with Crippen LogP contribution in [-0.4, -0.2) is 39.5 Å². The number of amides is 1. The van der Waals surface area contributed by atoms with Gasteiger partial charge in [0.05, 0.1) is 5.56 Å². The van der Waals surface area contributed by atoms with Gasteiger partial charge in [-0.15, -0.1) is 0 Å². The molecule has 4 rings (SSSR count). The zero-order valence-electron chi connectivity index (χ0n) is 15.6. The molecule has 0 radical (unpaired) electrons. The number of rotatable bonds is 3. The van der Waals surface area contributed by atoms with Gasteiger partial charge in [0.2, 0.25) is 0 Å². The number of piperidine rings is 1. The van der Waals surface area contributed by atoms with Crippen molar-refractivity contribution >= 4 is 22.8 Å². The Morgan fingerprint density at radius 1 is 1.14 bits per heavy atom. The lowest BCUT2D eigenvalue weighted by atomic mass is 9.89. The van der Waals surface area contributed by atoms with E-state index in [1.807, 2.05) is 18.0 Å². The van der Waals surface area contributed by atoms with Crippen LogP contribution in [0, 0.1) is 5.82 Å². The van der Waals surface area contributed by atoms with Gasteiger partial charge < -0.3 is 14.6 Å². The van der Waals surface area contributed by atoms with Crippen molar-refractivity contribution in [3.8, 4) is 0 Å². The molecule has 5 nitrogen and oxygen atoms in total. The minimum Gasteiger partial charge on any atom is -0.478 e. The zero-order chi connectivity index (χ0) is 19.8. The number of likely N-dealkylation sites (tertiary alicyclic amines) is 1. The van der Waals surface area contributed by atoms with Gasteiger partial charge in [-0.05, 0) is 54.8 Å². The van der Waals surface area contributed by atoms with Crippen LogP contribution >= 0.6 is 0 Å². The summed E-state index contributed by atoms with van der Waals surface area (Å²) >= 11 is 0. The number of hydrogen-bond donors (Lipinski definition) is 1. The molecule has 28 heavy (non-hydrogen) atoms. The zero-order valence-corrected chi connectivity index (χ0v) is 15.6. The second-order valence-corrected chi connectivity index (χ2v) is 7.31. The highest BCUT2D eigenvalue weighted by Gasteiger charge is 2.27. The quantitative estimate of drug-likeness (QED) is 0.746. The molecule has 2 heterocycles. The molecule has 1 aromatic heterocycles. The third-order valence-corrected chi connectivity index (χ3v) is 5.54. The Morgan fingerprint density at radius 3 is 2.75 bits per heavy atom. The van der Waals surface area contributed by atoms with Crippen molar-refractivity contribution < 1.29 is 19.1 Å². The number of benzene rings is 2. The fraction of sp³-hybridized carbons (Fsp3) is 0.273. The van der Waals surface area contributed by atoms with E-state index in [9.17, 15) is 19.1 Å². The highest BCUT2D eigenvalue weighted by molar-refractivity contribution is 5.98. The first-order chi connectivity index (χ1) is 13.4. The highest BCUT2D eigenvalue weighted by atomic mass is 19.1. The number of aryl methyl sites for hydroxylation is 1. The molecular formula is C22H21FN2O3. The lowest BCUT2D eigenvalue weighted by Crippen LogP contribution is -2.39. The van der Waals surface area contributed by atoms with Gasteiger partial charge in [0.25, 0.3) is 5.91 Å². The van der Waals surface area contributed by atoms with Crippen LogP contribution in [0.5, 0.6) is 0 Å². The molecule has 0 saturated carbocycles. The van der Waals surface area contributed by atoms with Gasteiger partial charge in [0.15, 0.2) is 0 Å². The predicted octanol–water partition coefficient (Wildman–Crippen LogP) is 4.04. The van der Waals surface area contributed by atoms with E-state index >= 15 is 0 Å². The SMILES string of the molecule is Cn1c(C(=O)N2CCC[C@H](c3cccc(C(=O)O)c3)C2)cc2cc(F)ccc21. The first-order valence-electron chi connectivity index (χ1n) is 9.31. The Labute approximate surface area is 162 Å². The van der Waals surface area contributed by atoms with Crippen molar-refractivity contribution in [2.45, 2.75) is 18.8 Å². The summed E-state index contributed by atoms with van der Waals surface area (Å²) in [6.45, 7) is 1.20. The molecular weight excluding hydrogens is 359 g/mol. The minimum absolute atomic E-state index is 0.0850. The monoisotopic (exact) mass is 380 g/mol. The molecule has 1 fully saturated rings. The Kier molecular flexibility index (Phi) is 4.63. The maximum atomic E-state index is 13.5. The summed E-state index contributed by atoms with van der Waals surface area (Å²) in [5, 5.41) is 9.92. The van der Waals surface area contributed by atoms with Crippen molar-refractivity contribution in [3.63, 3.8) is 0 Å². The molecule has 0 spiro atoms. The number of aromatic nitrogens is 1. The van der Waals surface area contributed by atoms with E-state index in [1.54, 1.807) is 34.9 Å². The first-order valence-corrected chi connectivity index (χ1v) is 9.31. The van der Waals surface area contributed by atoms with E-state index < -0.39 is 5.97 Å². The van der Waals surface area contributed by atoms with Crippen LogP contribution < -0.4 is 0 Å². The fourth-order valence-corrected chi connectivity index (χ4v) is 4.05. The molecule has 144 valence electrons. The van der Waals surface area contributed by atoms with E-state index in [-0.39, 0.29) is 23.2 Å². The van der Waals surface area contributed by atoms with E-state index in [2.05, 4.69) is 0 Å². The minimum atomic E-state index is -0.951. The summed E-state index contributed by atoms with van der Waals surface area (Å²) in [6, 6.07) is 13.2. The maximum absolute atomic E-state index is 13.5. The van der Waals surface area contributed by atoms with Gasteiger partial charge >= 0.3 is 5.97 Å². The van der Waals surface area contributed by atoms with Crippen molar-refractivity contribution in [1.82, 2.24) is 9.47 Å². The van der Waals surface area contributed by atoms with Gasteiger partial charge in [-0.25, -0.2) is 9.18 Å². The molecule has 3 aromatic rings. The predicted molar refractivity (Wildman–Crippen MR) is 104 cm³/mol. The van der Waals surface area contributed by atoms with Gasteiger partial charge in [-0.2, -0.15) is 0 Å². The summed E-state index contributed by atoms with van der Waals surface area (Å²) in [4.78, 5) is 26.2. The summed E-state index contributed by atoms with van der Waals surface area (Å²) < 4.78 is 15.3. The maximum Gasteiger partial charge on any atom is 0.335 e. The van der Waals surface area contributed by atoms with E-state index in [0.717, 1.165) is 23.9 Å². The number of carboxylic acid groups (broad SMARTS) is 1. The van der Waals surface area contributed by atoms with E-state index in [0.29, 0.717) is 24.2 Å². The number of carbonyl (C=O) groups is 2.